The van der Waals surface area contributed by atoms with E-state index in [2.05, 4.69) is 12.7 Å². The van der Waals surface area contributed by atoms with Gasteiger partial charge in [-0.3, -0.25) is 0 Å². The van der Waals surface area contributed by atoms with E-state index in [0.29, 0.717) is 0 Å². The zero-order chi connectivity index (χ0) is 9.52. The molecule has 0 radical (unpaired) electrons. The maximum Gasteiger partial charge on any atom is 0.122 e. The molecule has 1 saturated heterocycles. The van der Waals surface area contributed by atoms with Gasteiger partial charge in [0.25, 0.3) is 0 Å². The van der Waals surface area contributed by atoms with Crippen LogP contribution in [-0.4, -0.2) is 6.61 Å². The summed E-state index contributed by atoms with van der Waals surface area (Å²) in [6.07, 6.45) is 12.1. The molecule has 1 nitrogen and oxygen atoms in total. The summed E-state index contributed by atoms with van der Waals surface area (Å²) in [5.41, 5.74) is 1.27. The van der Waals surface area contributed by atoms with Gasteiger partial charge in [0, 0.05) is 0 Å². The van der Waals surface area contributed by atoms with E-state index < -0.39 is 0 Å². The fraction of sp³-hybridized carbons (Fsp3) is 0.333. The first-order valence-corrected chi connectivity index (χ1v) is 4.66. The lowest BCUT2D eigenvalue weighted by Crippen LogP contribution is -2.05. The lowest BCUT2D eigenvalue weighted by molar-refractivity contribution is 0.194. The molecule has 0 saturated carbocycles. The van der Waals surface area contributed by atoms with Gasteiger partial charge in [0.05, 0.1) is 6.61 Å². The second-order valence-electron chi connectivity index (χ2n) is 2.94. The van der Waals surface area contributed by atoms with Gasteiger partial charge in [0.2, 0.25) is 0 Å². The molecule has 70 valence electrons. The van der Waals surface area contributed by atoms with Crippen molar-refractivity contribution in [3.8, 4) is 0 Å². The van der Waals surface area contributed by atoms with Crippen LogP contribution in [0.5, 0.6) is 0 Å². The van der Waals surface area contributed by atoms with Crippen LogP contribution in [-0.2, 0) is 4.74 Å². The molecule has 1 fully saturated rings. The Morgan fingerprint density at radius 2 is 2.23 bits per heavy atom. The Labute approximate surface area is 80.1 Å². The molecule has 1 aliphatic heterocycles. The van der Waals surface area contributed by atoms with Crippen LogP contribution in [0.2, 0.25) is 0 Å². The van der Waals surface area contributed by atoms with Crippen LogP contribution in [0.1, 0.15) is 19.8 Å². The van der Waals surface area contributed by atoms with Crippen LogP contribution in [0.25, 0.3) is 0 Å². The average molecular weight is 176 g/mol. The lowest BCUT2D eigenvalue weighted by atomic mass is 10.1. The lowest BCUT2D eigenvalue weighted by Gasteiger charge is -2.18. The van der Waals surface area contributed by atoms with Crippen molar-refractivity contribution >= 4 is 0 Å². The van der Waals surface area contributed by atoms with Gasteiger partial charge in [0.15, 0.2) is 0 Å². The molecule has 0 bridgehead atoms. The second-order valence-corrected chi connectivity index (χ2v) is 2.94. The first-order chi connectivity index (χ1) is 6.38. The Hall–Kier alpha value is -1.24. The summed E-state index contributed by atoms with van der Waals surface area (Å²) in [6, 6.07) is 0. The molecule has 0 aromatic rings. The van der Waals surface area contributed by atoms with E-state index in [1.54, 1.807) is 6.08 Å². The summed E-state index contributed by atoms with van der Waals surface area (Å²) >= 11 is 0. The van der Waals surface area contributed by atoms with Crippen LogP contribution < -0.4 is 0 Å². The Kier molecular flexibility index (Phi) is 4.10. The van der Waals surface area contributed by atoms with Crippen LogP contribution in [0.15, 0.2) is 48.3 Å². The van der Waals surface area contributed by atoms with E-state index in [1.165, 1.54) is 5.57 Å². The molecule has 0 amide bonds. The molecule has 1 heteroatoms. The number of allylic oxidation sites excluding steroid dienone is 6. The van der Waals surface area contributed by atoms with Gasteiger partial charge in [0.1, 0.15) is 5.76 Å². The first-order valence-electron chi connectivity index (χ1n) is 4.66. The molecular formula is C12H16O. The van der Waals surface area contributed by atoms with Crippen molar-refractivity contribution in [3.63, 3.8) is 0 Å². The summed E-state index contributed by atoms with van der Waals surface area (Å²) in [6.45, 7) is 6.51. The third kappa shape index (κ3) is 2.94. The van der Waals surface area contributed by atoms with Gasteiger partial charge in [-0.15, -0.1) is 0 Å². The van der Waals surface area contributed by atoms with E-state index in [9.17, 15) is 0 Å². The van der Waals surface area contributed by atoms with E-state index in [1.807, 2.05) is 25.2 Å². The van der Waals surface area contributed by atoms with Gasteiger partial charge in [-0.2, -0.15) is 0 Å². The minimum atomic E-state index is 0.826. The normalized spacial score (nSPS) is 23.8. The topological polar surface area (TPSA) is 9.23 Å². The Bertz CT molecular complexity index is 256. The summed E-state index contributed by atoms with van der Waals surface area (Å²) < 4.78 is 5.52. The van der Waals surface area contributed by atoms with Crippen molar-refractivity contribution < 1.29 is 4.74 Å². The monoisotopic (exact) mass is 176 g/mol. The van der Waals surface area contributed by atoms with Crippen LogP contribution in [0.3, 0.4) is 0 Å². The molecule has 0 atom stereocenters. The maximum absolute atomic E-state index is 5.52. The SMILES string of the molecule is C=C/C=C1/OCCC/C1=C/C=C\C. The molecule has 1 aliphatic rings. The van der Waals surface area contributed by atoms with E-state index >= 15 is 0 Å². The third-order valence-electron chi connectivity index (χ3n) is 1.92. The molecule has 0 N–H and O–H groups in total. The van der Waals surface area contributed by atoms with E-state index in [4.69, 9.17) is 4.74 Å². The molecule has 1 heterocycles. The van der Waals surface area contributed by atoms with Crippen molar-refractivity contribution in [2.24, 2.45) is 0 Å². The van der Waals surface area contributed by atoms with Gasteiger partial charge < -0.3 is 4.74 Å². The molecule has 0 aromatic carbocycles. The van der Waals surface area contributed by atoms with Gasteiger partial charge >= 0.3 is 0 Å². The predicted molar refractivity (Wildman–Crippen MR) is 56.4 cm³/mol. The Balaban J connectivity index is 2.78. The van der Waals surface area contributed by atoms with Gasteiger partial charge in [-0.1, -0.05) is 30.9 Å². The average Bonchev–Trinajstić information content (AvgIpc) is 2.17. The maximum atomic E-state index is 5.52. The minimum Gasteiger partial charge on any atom is -0.493 e. The highest BCUT2D eigenvalue weighted by Gasteiger charge is 2.10. The van der Waals surface area contributed by atoms with Crippen molar-refractivity contribution in [1.29, 1.82) is 0 Å². The molecular weight excluding hydrogens is 160 g/mol. The zero-order valence-corrected chi connectivity index (χ0v) is 8.12. The predicted octanol–water partition coefficient (Wildman–Crippen LogP) is 3.37. The highest BCUT2D eigenvalue weighted by atomic mass is 16.5. The largest absolute Gasteiger partial charge is 0.493 e. The van der Waals surface area contributed by atoms with Crippen molar-refractivity contribution in [2.75, 3.05) is 6.61 Å². The van der Waals surface area contributed by atoms with Crippen LogP contribution >= 0.6 is 0 Å². The summed E-state index contributed by atoms with van der Waals surface area (Å²) in [4.78, 5) is 0. The smallest absolute Gasteiger partial charge is 0.122 e. The minimum absolute atomic E-state index is 0.826. The molecule has 0 aromatic heterocycles. The van der Waals surface area contributed by atoms with Gasteiger partial charge in [-0.05, 0) is 31.4 Å². The van der Waals surface area contributed by atoms with E-state index in [0.717, 1.165) is 25.2 Å². The van der Waals surface area contributed by atoms with Crippen molar-refractivity contribution in [1.82, 2.24) is 0 Å². The van der Waals surface area contributed by atoms with Crippen LogP contribution in [0, 0.1) is 0 Å². The third-order valence-corrected chi connectivity index (χ3v) is 1.92. The van der Waals surface area contributed by atoms with Crippen molar-refractivity contribution in [2.45, 2.75) is 19.8 Å². The Morgan fingerprint density at radius 3 is 2.92 bits per heavy atom. The zero-order valence-electron chi connectivity index (χ0n) is 8.12. The fourth-order valence-electron chi connectivity index (χ4n) is 1.30. The highest BCUT2D eigenvalue weighted by molar-refractivity contribution is 5.32. The molecule has 1 rings (SSSR count). The molecule has 0 unspecified atom stereocenters. The summed E-state index contributed by atoms with van der Waals surface area (Å²) in [5, 5.41) is 0. The number of hydrogen-bond acceptors (Lipinski definition) is 1. The number of rotatable bonds is 2. The van der Waals surface area contributed by atoms with Crippen molar-refractivity contribution in [3.05, 3.63) is 48.3 Å². The van der Waals surface area contributed by atoms with Crippen LogP contribution in [0.4, 0.5) is 0 Å². The molecule has 0 aliphatic carbocycles. The Morgan fingerprint density at radius 1 is 1.38 bits per heavy atom. The second kappa shape index (κ2) is 5.41. The number of hydrogen-bond donors (Lipinski definition) is 0. The summed E-state index contributed by atoms with van der Waals surface area (Å²) in [5.74, 6) is 0.972. The highest BCUT2D eigenvalue weighted by Crippen LogP contribution is 2.23. The standard InChI is InChI=1S/C12H16O/c1-3-5-8-11-9-6-10-13-12(11)7-4-2/h3-5,7-8H,2,6,9-10H2,1H3/b5-3-,11-8-,12-7+. The molecule has 13 heavy (non-hydrogen) atoms. The fourth-order valence-corrected chi connectivity index (χ4v) is 1.30. The van der Waals surface area contributed by atoms with Gasteiger partial charge in [-0.25, -0.2) is 0 Å². The summed E-state index contributed by atoms with van der Waals surface area (Å²) in [7, 11) is 0. The quantitative estimate of drug-likeness (QED) is 0.626. The van der Waals surface area contributed by atoms with E-state index in [-0.39, 0.29) is 0 Å². The first kappa shape index (κ1) is 9.85. The number of ether oxygens (including phenoxy) is 1. The molecule has 0 spiro atoms.